The summed E-state index contributed by atoms with van der Waals surface area (Å²) in [5.74, 6) is 0.136. The molecule has 1 aromatic rings. The van der Waals surface area contributed by atoms with Crippen LogP contribution in [0.25, 0.3) is 0 Å². The highest BCUT2D eigenvalue weighted by atomic mass is 32.1. The number of amides is 1. The molecule has 4 nitrogen and oxygen atoms in total. The van der Waals surface area contributed by atoms with Crippen molar-refractivity contribution in [3.8, 4) is 0 Å². The van der Waals surface area contributed by atoms with E-state index in [0.29, 0.717) is 6.42 Å². The van der Waals surface area contributed by atoms with E-state index in [0.717, 1.165) is 23.8 Å². The van der Waals surface area contributed by atoms with Crippen LogP contribution >= 0.6 is 11.3 Å². The first kappa shape index (κ1) is 9.61. The van der Waals surface area contributed by atoms with Crippen molar-refractivity contribution in [1.82, 2.24) is 15.6 Å². The minimum absolute atomic E-state index is 0.136. The van der Waals surface area contributed by atoms with Crippen LogP contribution in [-0.4, -0.2) is 23.5 Å². The first-order chi connectivity index (χ1) is 6.74. The van der Waals surface area contributed by atoms with Gasteiger partial charge in [0.2, 0.25) is 5.91 Å². The fourth-order valence-electron chi connectivity index (χ4n) is 1.49. The zero-order valence-corrected chi connectivity index (χ0v) is 8.86. The molecule has 1 aromatic heterocycles. The Balaban J connectivity index is 1.80. The monoisotopic (exact) mass is 211 g/mol. The third-order valence-electron chi connectivity index (χ3n) is 2.22. The molecule has 1 amide bonds. The number of aromatic nitrogens is 1. The Labute approximate surface area is 86.7 Å². The molecule has 0 spiro atoms. The number of nitrogens with one attached hydrogen (secondary N) is 2. The van der Waals surface area contributed by atoms with Gasteiger partial charge < -0.3 is 10.6 Å². The number of nitrogens with zero attached hydrogens (tertiary/aromatic N) is 1. The minimum atomic E-state index is 0.136. The maximum Gasteiger partial charge on any atom is 0.221 e. The average Bonchev–Trinajstić information content (AvgIpc) is 2.72. The van der Waals surface area contributed by atoms with Crippen molar-refractivity contribution in [3.63, 3.8) is 0 Å². The highest BCUT2D eigenvalue weighted by Gasteiger charge is 2.20. The Hall–Kier alpha value is -0.940. The maximum atomic E-state index is 10.9. The number of hydrogen-bond acceptors (Lipinski definition) is 4. The zero-order chi connectivity index (χ0) is 9.97. The Morgan fingerprint density at radius 2 is 2.64 bits per heavy atom. The van der Waals surface area contributed by atoms with E-state index in [1.165, 1.54) is 0 Å². The normalized spacial score (nSPS) is 21.2. The molecule has 1 saturated heterocycles. The molecule has 0 radical (unpaired) electrons. The summed E-state index contributed by atoms with van der Waals surface area (Å²) in [6.45, 7) is 3.49. The molecule has 2 rings (SSSR count). The lowest BCUT2D eigenvalue weighted by Gasteiger charge is -2.07. The van der Waals surface area contributed by atoms with E-state index in [4.69, 9.17) is 0 Å². The summed E-state index contributed by atoms with van der Waals surface area (Å²) in [5.41, 5.74) is 1.06. The minimum Gasteiger partial charge on any atom is -0.354 e. The standard InChI is InChI=1S/C9H13N3OS/c1-6-12-8(5-14-6)4-10-7-2-9(13)11-3-7/h5,7,10H,2-4H2,1H3,(H,11,13). The van der Waals surface area contributed by atoms with Crippen molar-refractivity contribution in [2.75, 3.05) is 6.54 Å². The summed E-state index contributed by atoms with van der Waals surface area (Å²) in [6.07, 6.45) is 0.586. The summed E-state index contributed by atoms with van der Waals surface area (Å²) in [7, 11) is 0. The summed E-state index contributed by atoms with van der Waals surface area (Å²) in [6, 6.07) is 0.268. The van der Waals surface area contributed by atoms with Crippen molar-refractivity contribution < 1.29 is 4.79 Å². The van der Waals surface area contributed by atoms with E-state index in [1.807, 2.05) is 12.3 Å². The van der Waals surface area contributed by atoms with Crippen molar-refractivity contribution in [2.24, 2.45) is 0 Å². The van der Waals surface area contributed by atoms with Crippen LogP contribution in [-0.2, 0) is 11.3 Å². The lowest BCUT2D eigenvalue weighted by molar-refractivity contribution is -0.119. The van der Waals surface area contributed by atoms with Crippen LogP contribution in [0.3, 0.4) is 0 Å². The molecule has 1 unspecified atom stereocenters. The number of carbonyl (C=O) groups is 1. The highest BCUT2D eigenvalue weighted by Crippen LogP contribution is 2.08. The molecule has 2 heterocycles. The van der Waals surface area contributed by atoms with E-state index in [-0.39, 0.29) is 11.9 Å². The van der Waals surface area contributed by atoms with E-state index in [1.54, 1.807) is 11.3 Å². The number of rotatable bonds is 3. The lowest BCUT2D eigenvalue weighted by atomic mass is 10.2. The van der Waals surface area contributed by atoms with Crippen LogP contribution < -0.4 is 10.6 Å². The molecule has 0 bridgehead atoms. The summed E-state index contributed by atoms with van der Waals surface area (Å²) >= 11 is 1.65. The van der Waals surface area contributed by atoms with Gasteiger partial charge in [0.1, 0.15) is 0 Å². The lowest BCUT2D eigenvalue weighted by Crippen LogP contribution is -2.30. The Kier molecular flexibility index (Phi) is 2.79. The maximum absolute atomic E-state index is 10.9. The fraction of sp³-hybridized carbons (Fsp3) is 0.556. The molecule has 0 aliphatic carbocycles. The first-order valence-corrected chi connectivity index (χ1v) is 5.53. The number of hydrogen-bond donors (Lipinski definition) is 2. The smallest absolute Gasteiger partial charge is 0.221 e. The van der Waals surface area contributed by atoms with Gasteiger partial charge in [-0.2, -0.15) is 0 Å². The van der Waals surface area contributed by atoms with Gasteiger partial charge in [-0.15, -0.1) is 11.3 Å². The third-order valence-corrected chi connectivity index (χ3v) is 3.04. The Morgan fingerprint density at radius 1 is 1.79 bits per heavy atom. The molecule has 1 aliphatic heterocycles. The van der Waals surface area contributed by atoms with Crippen LogP contribution in [0, 0.1) is 6.92 Å². The zero-order valence-electron chi connectivity index (χ0n) is 8.04. The Bertz CT molecular complexity index is 337. The molecule has 0 saturated carbocycles. The molecule has 1 aliphatic rings. The third kappa shape index (κ3) is 2.30. The SMILES string of the molecule is Cc1nc(CNC2CNC(=O)C2)cs1. The van der Waals surface area contributed by atoms with E-state index < -0.39 is 0 Å². The summed E-state index contributed by atoms with van der Waals surface area (Å²) < 4.78 is 0. The van der Waals surface area contributed by atoms with Crippen LogP contribution in [0.2, 0.25) is 0 Å². The topological polar surface area (TPSA) is 54.0 Å². The van der Waals surface area contributed by atoms with E-state index in [9.17, 15) is 4.79 Å². The van der Waals surface area contributed by atoms with Crippen molar-refractivity contribution in [2.45, 2.75) is 25.9 Å². The van der Waals surface area contributed by atoms with Gasteiger partial charge in [-0.3, -0.25) is 4.79 Å². The number of aryl methyl sites for hydroxylation is 1. The highest BCUT2D eigenvalue weighted by molar-refractivity contribution is 7.09. The molecule has 1 fully saturated rings. The van der Waals surface area contributed by atoms with Gasteiger partial charge in [-0.25, -0.2) is 4.98 Å². The molecule has 14 heavy (non-hydrogen) atoms. The van der Waals surface area contributed by atoms with Gasteiger partial charge in [0, 0.05) is 30.9 Å². The average molecular weight is 211 g/mol. The van der Waals surface area contributed by atoms with Gasteiger partial charge in [0.05, 0.1) is 10.7 Å². The number of carbonyl (C=O) groups excluding carboxylic acids is 1. The quantitative estimate of drug-likeness (QED) is 0.762. The van der Waals surface area contributed by atoms with Crippen LogP contribution in [0.4, 0.5) is 0 Å². The second kappa shape index (κ2) is 4.06. The fourth-order valence-corrected chi connectivity index (χ4v) is 2.10. The molecule has 2 N–H and O–H groups in total. The summed E-state index contributed by atoms with van der Waals surface area (Å²) in [5, 5.41) is 9.23. The second-order valence-corrected chi connectivity index (χ2v) is 4.51. The van der Waals surface area contributed by atoms with Gasteiger partial charge in [-0.1, -0.05) is 0 Å². The van der Waals surface area contributed by atoms with Gasteiger partial charge in [-0.05, 0) is 6.92 Å². The second-order valence-electron chi connectivity index (χ2n) is 3.44. The predicted molar refractivity (Wildman–Crippen MR) is 55.1 cm³/mol. The molecular weight excluding hydrogens is 198 g/mol. The van der Waals surface area contributed by atoms with Crippen molar-refractivity contribution >= 4 is 17.2 Å². The molecule has 0 aromatic carbocycles. The predicted octanol–water partition coefficient (Wildman–Crippen LogP) is 0.430. The van der Waals surface area contributed by atoms with Gasteiger partial charge >= 0.3 is 0 Å². The van der Waals surface area contributed by atoms with Crippen LogP contribution in [0.1, 0.15) is 17.1 Å². The summed E-state index contributed by atoms with van der Waals surface area (Å²) in [4.78, 5) is 15.2. The largest absolute Gasteiger partial charge is 0.354 e. The van der Waals surface area contributed by atoms with Gasteiger partial charge in [0.25, 0.3) is 0 Å². The molecule has 5 heteroatoms. The van der Waals surface area contributed by atoms with Crippen LogP contribution in [0.15, 0.2) is 5.38 Å². The Morgan fingerprint density at radius 3 is 3.21 bits per heavy atom. The van der Waals surface area contributed by atoms with Gasteiger partial charge in [0.15, 0.2) is 0 Å². The first-order valence-electron chi connectivity index (χ1n) is 4.65. The number of thiazole rings is 1. The molecular formula is C9H13N3OS. The van der Waals surface area contributed by atoms with E-state index >= 15 is 0 Å². The van der Waals surface area contributed by atoms with E-state index in [2.05, 4.69) is 15.6 Å². The van der Waals surface area contributed by atoms with Crippen molar-refractivity contribution in [1.29, 1.82) is 0 Å². The molecule has 76 valence electrons. The van der Waals surface area contributed by atoms with Crippen molar-refractivity contribution in [3.05, 3.63) is 16.1 Å². The molecule has 1 atom stereocenters. The van der Waals surface area contributed by atoms with Crippen LogP contribution in [0.5, 0.6) is 0 Å².